The summed E-state index contributed by atoms with van der Waals surface area (Å²) >= 11 is 4.01. The Balaban J connectivity index is 2.93. The highest BCUT2D eigenvalue weighted by atomic mass is 33.1. The van der Waals surface area contributed by atoms with Gasteiger partial charge < -0.3 is 0 Å². The van der Waals surface area contributed by atoms with Gasteiger partial charge in [-0.2, -0.15) is 5.26 Å². The lowest BCUT2D eigenvalue weighted by Gasteiger charge is -1.91. The SMILES string of the molecule is N#Cc1ccc(SS)cc1. The Bertz CT molecular complexity index is 247. The van der Waals surface area contributed by atoms with Crippen LogP contribution in [0.5, 0.6) is 0 Å². The van der Waals surface area contributed by atoms with Crippen molar-refractivity contribution in [3.8, 4) is 6.07 Å². The maximum atomic E-state index is 8.43. The Morgan fingerprint density at radius 2 is 1.90 bits per heavy atom. The topological polar surface area (TPSA) is 23.8 Å². The molecule has 1 aromatic rings. The lowest BCUT2D eigenvalue weighted by molar-refractivity contribution is 1.42. The van der Waals surface area contributed by atoms with Gasteiger partial charge in [0.15, 0.2) is 0 Å². The first-order valence-electron chi connectivity index (χ1n) is 2.68. The highest BCUT2D eigenvalue weighted by molar-refractivity contribution is 8.68. The molecular formula is C7H5NS2. The molecule has 0 atom stereocenters. The molecule has 0 unspecified atom stereocenters. The van der Waals surface area contributed by atoms with E-state index in [0.29, 0.717) is 5.56 Å². The van der Waals surface area contributed by atoms with E-state index in [1.165, 1.54) is 10.8 Å². The van der Waals surface area contributed by atoms with Crippen LogP contribution in [0.1, 0.15) is 5.56 Å². The smallest absolute Gasteiger partial charge is 0.0991 e. The summed E-state index contributed by atoms with van der Waals surface area (Å²) in [6, 6.07) is 9.34. The first-order chi connectivity index (χ1) is 4.86. The molecule has 0 fully saturated rings. The molecule has 10 heavy (non-hydrogen) atoms. The summed E-state index contributed by atoms with van der Waals surface area (Å²) in [6.45, 7) is 0. The fourth-order valence-corrected chi connectivity index (χ4v) is 1.21. The first-order valence-corrected chi connectivity index (χ1v) is 4.55. The third-order valence-electron chi connectivity index (χ3n) is 1.09. The maximum absolute atomic E-state index is 8.43. The highest BCUT2D eigenvalue weighted by Gasteiger charge is 1.89. The molecular weight excluding hydrogens is 162 g/mol. The molecule has 1 rings (SSSR count). The van der Waals surface area contributed by atoms with E-state index in [1.54, 1.807) is 12.1 Å². The Morgan fingerprint density at radius 3 is 2.30 bits per heavy atom. The van der Waals surface area contributed by atoms with E-state index >= 15 is 0 Å². The number of nitrogens with zero attached hydrogens (tertiary/aromatic N) is 1. The van der Waals surface area contributed by atoms with Gasteiger partial charge in [-0.1, -0.05) is 10.8 Å². The second-order valence-electron chi connectivity index (χ2n) is 1.73. The third-order valence-corrected chi connectivity index (χ3v) is 2.20. The predicted octanol–water partition coefficient (Wildman–Crippen LogP) is 2.50. The zero-order valence-electron chi connectivity index (χ0n) is 5.11. The minimum Gasteiger partial charge on any atom is -0.192 e. The molecule has 0 N–H and O–H groups in total. The van der Waals surface area contributed by atoms with Crippen molar-refractivity contribution in [1.82, 2.24) is 0 Å². The van der Waals surface area contributed by atoms with Crippen LogP contribution in [0, 0.1) is 11.3 Å². The van der Waals surface area contributed by atoms with E-state index in [2.05, 4.69) is 11.7 Å². The number of thiol groups is 1. The average molecular weight is 167 g/mol. The van der Waals surface area contributed by atoms with Crippen LogP contribution in [0.15, 0.2) is 29.2 Å². The molecule has 0 bridgehead atoms. The van der Waals surface area contributed by atoms with Crippen molar-refractivity contribution in [2.24, 2.45) is 0 Å². The zero-order valence-corrected chi connectivity index (χ0v) is 6.82. The van der Waals surface area contributed by atoms with Crippen molar-refractivity contribution in [3.63, 3.8) is 0 Å². The van der Waals surface area contributed by atoms with E-state index in [0.717, 1.165) is 4.90 Å². The molecule has 1 aromatic carbocycles. The molecule has 0 heterocycles. The van der Waals surface area contributed by atoms with Gasteiger partial charge in [-0.15, -0.1) is 11.7 Å². The Kier molecular flexibility index (Phi) is 2.67. The monoisotopic (exact) mass is 167 g/mol. The largest absolute Gasteiger partial charge is 0.192 e. The van der Waals surface area contributed by atoms with Gasteiger partial charge in [0.25, 0.3) is 0 Å². The summed E-state index contributed by atoms with van der Waals surface area (Å²) in [6.07, 6.45) is 0. The predicted molar refractivity (Wildman–Crippen MR) is 46.0 cm³/mol. The van der Waals surface area contributed by atoms with Crippen molar-refractivity contribution >= 4 is 22.5 Å². The standard InChI is InChI=1S/C7H5NS2/c8-5-6-1-3-7(10-9)4-2-6/h1-4,9H. The van der Waals surface area contributed by atoms with Crippen molar-refractivity contribution in [1.29, 1.82) is 5.26 Å². The molecule has 3 heteroatoms. The van der Waals surface area contributed by atoms with Gasteiger partial charge in [0.2, 0.25) is 0 Å². The molecule has 0 aromatic heterocycles. The average Bonchev–Trinajstić information content (AvgIpc) is 2.05. The van der Waals surface area contributed by atoms with E-state index in [4.69, 9.17) is 5.26 Å². The number of nitriles is 1. The second-order valence-corrected chi connectivity index (χ2v) is 2.93. The fraction of sp³-hybridized carbons (Fsp3) is 0. The van der Waals surface area contributed by atoms with Gasteiger partial charge in [0.05, 0.1) is 11.6 Å². The van der Waals surface area contributed by atoms with Crippen LogP contribution >= 0.6 is 22.5 Å². The fourth-order valence-electron chi connectivity index (χ4n) is 0.590. The van der Waals surface area contributed by atoms with Crippen molar-refractivity contribution in [2.45, 2.75) is 4.90 Å². The van der Waals surface area contributed by atoms with Crippen LogP contribution in [0.3, 0.4) is 0 Å². The summed E-state index contributed by atoms with van der Waals surface area (Å²) in [5.74, 6) is 0. The van der Waals surface area contributed by atoms with Crippen LogP contribution < -0.4 is 0 Å². The van der Waals surface area contributed by atoms with E-state index in [1.807, 2.05) is 18.2 Å². The third kappa shape index (κ3) is 1.69. The molecule has 0 aliphatic heterocycles. The molecule has 1 nitrogen and oxygen atoms in total. The molecule has 0 aliphatic rings. The van der Waals surface area contributed by atoms with Gasteiger partial charge in [-0.25, -0.2) is 0 Å². The van der Waals surface area contributed by atoms with Gasteiger partial charge >= 0.3 is 0 Å². The Hall–Kier alpha value is -0.590. The molecule has 50 valence electrons. The van der Waals surface area contributed by atoms with E-state index < -0.39 is 0 Å². The Labute approximate surface area is 68.9 Å². The zero-order chi connectivity index (χ0) is 7.40. The van der Waals surface area contributed by atoms with E-state index in [9.17, 15) is 0 Å². The molecule has 0 aliphatic carbocycles. The summed E-state index contributed by atoms with van der Waals surface area (Å²) < 4.78 is 0. The number of hydrogen-bond acceptors (Lipinski definition) is 3. The van der Waals surface area contributed by atoms with Crippen LogP contribution in [0.4, 0.5) is 0 Å². The van der Waals surface area contributed by atoms with Gasteiger partial charge in [-0.05, 0) is 24.3 Å². The summed E-state index contributed by atoms with van der Waals surface area (Å²) in [4.78, 5) is 1.06. The number of hydrogen-bond donors (Lipinski definition) is 1. The van der Waals surface area contributed by atoms with E-state index in [-0.39, 0.29) is 0 Å². The summed E-state index contributed by atoms with van der Waals surface area (Å²) in [5, 5.41) is 8.43. The molecule has 0 spiro atoms. The van der Waals surface area contributed by atoms with Gasteiger partial charge in [0.1, 0.15) is 0 Å². The minimum atomic E-state index is 0.686. The van der Waals surface area contributed by atoms with Crippen molar-refractivity contribution < 1.29 is 0 Å². The van der Waals surface area contributed by atoms with Gasteiger partial charge in [-0.3, -0.25) is 0 Å². The van der Waals surface area contributed by atoms with Crippen LogP contribution in [0.25, 0.3) is 0 Å². The van der Waals surface area contributed by atoms with Crippen molar-refractivity contribution in [2.75, 3.05) is 0 Å². The first kappa shape index (κ1) is 7.52. The van der Waals surface area contributed by atoms with Crippen LogP contribution in [-0.4, -0.2) is 0 Å². The highest BCUT2D eigenvalue weighted by Crippen LogP contribution is 2.20. The molecule has 0 amide bonds. The minimum absolute atomic E-state index is 0.686. The second kappa shape index (κ2) is 3.55. The molecule has 0 radical (unpaired) electrons. The molecule has 0 saturated heterocycles. The van der Waals surface area contributed by atoms with Crippen LogP contribution in [-0.2, 0) is 0 Å². The lowest BCUT2D eigenvalue weighted by atomic mass is 10.2. The normalized spacial score (nSPS) is 8.80. The number of rotatable bonds is 1. The van der Waals surface area contributed by atoms with Crippen LogP contribution in [0.2, 0.25) is 0 Å². The molecule has 0 saturated carbocycles. The lowest BCUT2D eigenvalue weighted by Crippen LogP contribution is -1.71. The maximum Gasteiger partial charge on any atom is 0.0991 e. The van der Waals surface area contributed by atoms with Gasteiger partial charge in [0, 0.05) is 4.90 Å². The summed E-state index contributed by atoms with van der Waals surface area (Å²) in [7, 11) is 1.37. The quantitative estimate of drug-likeness (QED) is 0.513. The summed E-state index contributed by atoms with van der Waals surface area (Å²) in [5.41, 5.74) is 0.686. The Morgan fingerprint density at radius 1 is 1.30 bits per heavy atom. The number of benzene rings is 1. The van der Waals surface area contributed by atoms with Crippen molar-refractivity contribution in [3.05, 3.63) is 29.8 Å².